The third-order valence-electron chi connectivity index (χ3n) is 6.00. The highest BCUT2D eigenvalue weighted by Crippen LogP contribution is 2.35. The van der Waals surface area contributed by atoms with Crippen LogP contribution >= 0.6 is 0 Å². The van der Waals surface area contributed by atoms with Crippen molar-refractivity contribution in [1.29, 1.82) is 0 Å². The van der Waals surface area contributed by atoms with Crippen LogP contribution in [0.15, 0.2) is 42.5 Å². The van der Waals surface area contributed by atoms with Crippen molar-refractivity contribution in [3.8, 4) is 23.0 Å². The molecule has 1 N–H and O–H groups in total. The summed E-state index contributed by atoms with van der Waals surface area (Å²) < 4.78 is 22.5. The van der Waals surface area contributed by atoms with Gasteiger partial charge in [-0.05, 0) is 69.3 Å². The molecule has 2 aliphatic rings. The van der Waals surface area contributed by atoms with Gasteiger partial charge in [0.1, 0.15) is 24.7 Å². The lowest BCUT2D eigenvalue weighted by Crippen LogP contribution is -2.52. The van der Waals surface area contributed by atoms with E-state index in [0.29, 0.717) is 48.4 Å². The van der Waals surface area contributed by atoms with Crippen LogP contribution < -0.4 is 23.8 Å². The lowest BCUT2D eigenvalue weighted by Gasteiger charge is -2.35. The van der Waals surface area contributed by atoms with Gasteiger partial charge in [-0.25, -0.2) is 0 Å². The quantitative estimate of drug-likeness (QED) is 0.621. The van der Waals surface area contributed by atoms with E-state index >= 15 is 0 Å². The summed E-state index contributed by atoms with van der Waals surface area (Å²) in [6.45, 7) is 5.05. The molecule has 2 aliphatic heterocycles. The Kier molecular flexibility index (Phi) is 7.57. The van der Waals surface area contributed by atoms with Crippen molar-refractivity contribution in [2.45, 2.75) is 31.9 Å². The zero-order valence-corrected chi connectivity index (χ0v) is 19.2. The van der Waals surface area contributed by atoms with Crippen molar-refractivity contribution >= 4 is 11.6 Å². The lowest BCUT2D eigenvalue weighted by molar-refractivity contribution is -0.125. The molecule has 0 unspecified atom stereocenters. The molecule has 0 aliphatic carbocycles. The van der Waals surface area contributed by atoms with Crippen molar-refractivity contribution in [3.63, 3.8) is 0 Å². The largest absolute Gasteiger partial charge is 0.497 e. The predicted octanol–water partition coefficient (Wildman–Crippen LogP) is 2.72. The van der Waals surface area contributed by atoms with Gasteiger partial charge in [-0.2, -0.15) is 0 Å². The second-order valence-electron chi connectivity index (χ2n) is 8.32. The fourth-order valence-corrected chi connectivity index (χ4v) is 4.29. The lowest BCUT2D eigenvalue weighted by atomic mass is 10.1. The van der Waals surface area contributed by atoms with E-state index in [4.69, 9.17) is 18.9 Å². The van der Waals surface area contributed by atoms with Gasteiger partial charge in [0.05, 0.1) is 19.8 Å². The van der Waals surface area contributed by atoms with Gasteiger partial charge in [-0.1, -0.05) is 0 Å². The Balaban J connectivity index is 1.59. The number of benzene rings is 2. The SMILES string of the molecule is COc1ccc(O[C@H](C)C(=O)N(c2ccc3c(c2)OCCO3)[C@@H](CO)CN2CCCC2)cc1. The summed E-state index contributed by atoms with van der Waals surface area (Å²) in [6, 6.07) is 12.1. The summed E-state index contributed by atoms with van der Waals surface area (Å²) in [7, 11) is 1.60. The molecule has 2 atom stereocenters. The van der Waals surface area contributed by atoms with Gasteiger partial charge in [0.2, 0.25) is 0 Å². The van der Waals surface area contributed by atoms with E-state index in [1.165, 1.54) is 0 Å². The molecule has 1 saturated heterocycles. The number of hydrogen-bond acceptors (Lipinski definition) is 7. The molecule has 2 heterocycles. The number of fused-ring (bicyclic) bond motifs is 1. The minimum absolute atomic E-state index is 0.161. The van der Waals surface area contributed by atoms with Crippen LogP contribution in [0.4, 0.5) is 5.69 Å². The van der Waals surface area contributed by atoms with Crippen molar-refractivity contribution < 1.29 is 28.8 Å². The van der Waals surface area contributed by atoms with Gasteiger partial charge in [-0.3, -0.25) is 4.79 Å². The van der Waals surface area contributed by atoms with E-state index in [1.807, 2.05) is 12.1 Å². The fraction of sp³-hybridized carbons (Fsp3) is 0.480. The Bertz CT molecular complexity index is 929. The van der Waals surface area contributed by atoms with E-state index < -0.39 is 12.1 Å². The summed E-state index contributed by atoms with van der Waals surface area (Å²) in [4.78, 5) is 17.6. The molecule has 8 nitrogen and oxygen atoms in total. The number of hydrogen-bond donors (Lipinski definition) is 1. The summed E-state index contributed by atoms with van der Waals surface area (Å²) in [5.74, 6) is 2.29. The number of carbonyl (C=O) groups is 1. The number of amides is 1. The van der Waals surface area contributed by atoms with Crippen LogP contribution in [0, 0.1) is 0 Å². The first kappa shape index (κ1) is 23.2. The first-order chi connectivity index (χ1) is 16.1. The number of nitrogens with zero attached hydrogens (tertiary/aromatic N) is 2. The van der Waals surface area contributed by atoms with Crippen LogP contribution in [-0.2, 0) is 4.79 Å². The van der Waals surface area contributed by atoms with Gasteiger partial charge in [0.15, 0.2) is 17.6 Å². The van der Waals surface area contributed by atoms with Crippen molar-refractivity contribution in [2.24, 2.45) is 0 Å². The van der Waals surface area contributed by atoms with Gasteiger partial charge in [0.25, 0.3) is 5.91 Å². The molecule has 0 radical (unpaired) electrons. The van der Waals surface area contributed by atoms with Crippen LogP contribution in [0.2, 0.25) is 0 Å². The van der Waals surface area contributed by atoms with E-state index in [9.17, 15) is 9.90 Å². The van der Waals surface area contributed by atoms with E-state index in [1.54, 1.807) is 49.3 Å². The zero-order chi connectivity index (χ0) is 23.2. The van der Waals surface area contributed by atoms with Crippen LogP contribution in [0.1, 0.15) is 19.8 Å². The highest BCUT2D eigenvalue weighted by molar-refractivity contribution is 5.97. The first-order valence-electron chi connectivity index (χ1n) is 11.5. The van der Waals surface area contributed by atoms with Crippen LogP contribution in [0.5, 0.6) is 23.0 Å². The average Bonchev–Trinajstić information content (AvgIpc) is 3.37. The molecule has 1 fully saturated rings. The van der Waals surface area contributed by atoms with E-state index in [2.05, 4.69) is 4.90 Å². The van der Waals surface area contributed by atoms with Gasteiger partial charge < -0.3 is 33.9 Å². The number of ether oxygens (including phenoxy) is 4. The molecule has 0 spiro atoms. The van der Waals surface area contributed by atoms with E-state index in [-0.39, 0.29) is 12.5 Å². The second kappa shape index (κ2) is 10.8. The average molecular weight is 457 g/mol. The summed E-state index contributed by atoms with van der Waals surface area (Å²) >= 11 is 0. The second-order valence-corrected chi connectivity index (χ2v) is 8.32. The van der Waals surface area contributed by atoms with Crippen LogP contribution in [0.25, 0.3) is 0 Å². The van der Waals surface area contributed by atoms with Crippen molar-refractivity contribution in [2.75, 3.05) is 51.5 Å². The smallest absolute Gasteiger partial charge is 0.268 e. The molecular formula is C25H32N2O6. The topological polar surface area (TPSA) is 80.7 Å². The first-order valence-corrected chi connectivity index (χ1v) is 11.5. The normalized spacial score (nSPS) is 17.3. The van der Waals surface area contributed by atoms with Crippen LogP contribution in [0.3, 0.4) is 0 Å². The molecule has 33 heavy (non-hydrogen) atoms. The minimum Gasteiger partial charge on any atom is -0.497 e. The molecule has 2 aromatic carbocycles. The van der Waals surface area contributed by atoms with Crippen LogP contribution in [-0.4, -0.2) is 74.6 Å². The third-order valence-corrected chi connectivity index (χ3v) is 6.00. The Labute approximate surface area is 194 Å². The molecular weight excluding hydrogens is 424 g/mol. The van der Waals surface area contributed by atoms with E-state index in [0.717, 1.165) is 25.9 Å². The highest BCUT2D eigenvalue weighted by Gasteiger charge is 2.32. The monoisotopic (exact) mass is 456 g/mol. The summed E-state index contributed by atoms with van der Waals surface area (Å²) in [6.07, 6.45) is 1.50. The third kappa shape index (κ3) is 5.51. The van der Waals surface area contributed by atoms with Gasteiger partial charge in [-0.15, -0.1) is 0 Å². The number of aliphatic hydroxyl groups excluding tert-OH is 1. The standard InChI is InChI=1S/C25H32N2O6/c1-18(33-22-8-6-21(30-2)7-9-22)25(29)27(20(17-28)16-26-11-3-4-12-26)19-5-10-23-24(15-19)32-14-13-31-23/h5-10,15,18,20,28H,3-4,11-14,16-17H2,1-2H3/t18-,20-/m1/s1. The maximum absolute atomic E-state index is 13.7. The molecule has 2 aromatic rings. The predicted molar refractivity (Wildman–Crippen MR) is 125 cm³/mol. The number of rotatable bonds is 9. The number of carbonyl (C=O) groups excluding carboxylic acids is 1. The zero-order valence-electron chi connectivity index (χ0n) is 19.2. The summed E-state index contributed by atoms with van der Waals surface area (Å²) in [5, 5.41) is 10.3. The maximum atomic E-state index is 13.7. The number of methoxy groups -OCH3 is 1. The van der Waals surface area contributed by atoms with Crippen molar-refractivity contribution in [3.05, 3.63) is 42.5 Å². The Hall–Kier alpha value is -2.97. The number of likely N-dealkylation sites (tertiary alicyclic amines) is 1. The molecule has 8 heteroatoms. The highest BCUT2D eigenvalue weighted by atomic mass is 16.6. The number of anilines is 1. The Morgan fingerprint density at radius 2 is 1.73 bits per heavy atom. The van der Waals surface area contributed by atoms with Gasteiger partial charge in [0, 0.05) is 18.3 Å². The molecule has 1 amide bonds. The Morgan fingerprint density at radius 3 is 2.39 bits per heavy atom. The van der Waals surface area contributed by atoms with Gasteiger partial charge >= 0.3 is 0 Å². The molecule has 178 valence electrons. The molecule has 0 bridgehead atoms. The maximum Gasteiger partial charge on any atom is 0.268 e. The number of aliphatic hydroxyl groups is 1. The van der Waals surface area contributed by atoms with Crippen molar-refractivity contribution in [1.82, 2.24) is 4.90 Å². The molecule has 4 rings (SSSR count). The molecule has 0 aromatic heterocycles. The summed E-state index contributed by atoms with van der Waals surface area (Å²) in [5.41, 5.74) is 0.646. The molecule has 0 saturated carbocycles. The minimum atomic E-state index is -0.765. The Morgan fingerprint density at radius 1 is 1.06 bits per heavy atom. The fourth-order valence-electron chi connectivity index (χ4n) is 4.29.